The van der Waals surface area contributed by atoms with Crippen LogP contribution in [0.15, 0.2) is 30.3 Å². The molecule has 1 fully saturated rings. The zero-order chi connectivity index (χ0) is 13.5. The molecule has 104 valence electrons. The summed E-state index contributed by atoms with van der Waals surface area (Å²) in [5, 5.41) is 0. The number of carbonyl (C=O) groups is 1. The SMILES string of the molecule is CSCC(=O)N1CCCC(CCc2ccccc2)C1. The molecule has 1 aliphatic heterocycles. The largest absolute Gasteiger partial charge is 0.342 e. The molecule has 1 aromatic rings. The lowest BCUT2D eigenvalue weighted by Crippen LogP contribution is -2.40. The number of benzene rings is 1. The maximum absolute atomic E-state index is 11.9. The highest BCUT2D eigenvalue weighted by Gasteiger charge is 2.22. The number of likely N-dealkylation sites (tertiary alicyclic amines) is 1. The van der Waals surface area contributed by atoms with Gasteiger partial charge in [-0.25, -0.2) is 0 Å². The zero-order valence-corrected chi connectivity index (χ0v) is 12.5. The van der Waals surface area contributed by atoms with E-state index in [2.05, 4.69) is 35.2 Å². The van der Waals surface area contributed by atoms with E-state index in [0.29, 0.717) is 17.6 Å². The van der Waals surface area contributed by atoms with Crippen molar-refractivity contribution in [3.63, 3.8) is 0 Å². The van der Waals surface area contributed by atoms with Crippen LogP contribution in [-0.4, -0.2) is 35.9 Å². The van der Waals surface area contributed by atoms with Crippen LogP contribution in [0.25, 0.3) is 0 Å². The molecular weight excluding hydrogens is 254 g/mol. The van der Waals surface area contributed by atoms with Crippen LogP contribution in [0.4, 0.5) is 0 Å². The highest BCUT2D eigenvalue weighted by Crippen LogP contribution is 2.22. The number of hydrogen-bond acceptors (Lipinski definition) is 2. The fraction of sp³-hybridized carbons (Fsp3) is 0.562. The maximum atomic E-state index is 11.9. The Morgan fingerprint density at radius 1 is 1.37 bits per heavy atom. The Balaban J connectivity index is 1.79. The first-order chi connectivity index (χ1) is 9.29. The average molecular weight is 277 g/mol. The zero-order valence-electron chi connectivity index (χ0n) is 11.7. The van der Waals surface area contributed by atoms with Gasteiger partial charge < -0.3 is 4.90 Å². The van der Waals surface area contributed by atoms with Gasteiger partial charge in [0.1, 0.15) is 0 Å². The molecule has 1 aliphatic rings. The molecule has 1 amide bonds. The topological polar surface area (TPSA) is 20.3 Å². The molecule has 0 aliphatic carbocycles. The molecule has 1 saturated heterocycles. The highest BCUT2D eigenvalue weighted by molar-refractivity contribution is 7.99. The Kier molecular flexibility index (Phi) is 5.77. The van der Waals surface area contributed by atoms with Crippen molar-refractivity contribution in [3.05, 3.63) is 35.9 Å². The molecular formula is C16H23NOS. The van der Waals surface area contributed by atoms with Crippen molar-refractivity contribution in [2.75, 3.05) is 25.1 Å². The van der Waals surface area contributed by atoms with Crippen LogP contribution in [0, 0.1) is 5.92 Å². The molecule has 0 N–H and O–H groups in total. The Bertz CT molecular complexity index is 393. The predicted octanol–water partition coefficient (Wildman–Crippen LogP) is 3.22. The van der Waals surface area contributed by atoms with Gasteiger partial charge in [0.25, 0.3) is 0 Å². The van der Waals surface area contributed by atoms with Crippen LogP contribution in [0.5, 0.6) is 0 Å². The van der Waals surface area contributed by atoms with Gasteiger partial charge in [0.15, 0.2) is 0 Å². The minimum Gasteiger partial charge on any atom is -0.342 e. The molecule has 0 aromatic heterocycles. The first-order valence-corrected chi connectivity index (χ1v) is 8.49. The van der Waals surface area contributed by atoms with Gasteiger partial charge in [-0.2, -0.15) is 11.8 Å². The lowest BCUT2D eigenvalue weighted by molar-refractivity contribution is -0.130. The van der Waals surface area contributed by atoms with E-state index in [9.17, 15) is 4.79 Å². The third-order valence-electron chi connectivity index (χ3n) is 3.82. The number of amides is 1. The molecule has 0 bridgehead atoms. The van der Waals surface area contributed by atoms with Gasteiger partial charge in [-0.3, -0.25) is 4.79 Å². The Hall–Kier alpha value is -0.960. The van der Waals surface area contributed by atoms with Gasteiger partial charge in [-0.05, 0) is 43.4 Å². The number of piperidine rings is 1. The van der Waals surface area contributed by atoms with Crippen LogP contribution >= 0.6 is 11.8 Å². The van der Waals surface area contributed by atoms with E-state index in [1.807, 2.05) is 6.26 Å². The van der Waals surface area contributed by atoms with Crippen molar-refractivity contribution in [1.29, 1.82) is 0 Å². The molecule has 3 heteroatoms. The third-order valence-corrected chi connectivity index (χ3v) is 4.36. The van der Waals surface area contributed by atoms with Gasteiger partial charge in [-0.1, -0.05) is 30.3 Å². The van der Waals surface area contributed by atoms with E-state index in [1.165, 1.54) is 24.8 Å². The van der Waals surface area contributed by atoms with Crippen LogP contribution in [0.3, 0.4) is 0 Å². The van der Waals surface area contributed by atoms with E-state index < -0.39 is 0 Å². The number of nitrogens with zero attached hydrogens (tertiary/aromatic N) is 1. The molecule has 19 heavy (non-hydrogen) atoms. The molecule has 0 saturated carbocycles. The summed E-state index contributed by atoms with van der Waals surface area (Å²) in [6.07, 6.45) is 6.77. The Morgan fingerprint density at radius 3 is 2.89 bits per heavy atom. The van der Waals surface area contributed by atoms with Crippen LogP contribution in [-0.2, 0) is 11.2 Å². The van der Waals surface area contributed by atoms with Gasteiger partial charge >= 0.3 is 0 Å². The van der Waals surface area contributed by atoms with Crippen LogP contribution < -0.4 is 0 Å². The first-order valence-electron chi connectivity index (χ1n) is 7.10. The first kappa shape index (κ1) is 14.4. The Morgan fingerprint density at radius 2 is 2.16 bits per heavy atom. The number of aryl methyl sites for hydroxylation is 1. The summed E-state index contributed by atoms with van der Waals surface area (Å²) in [7, 11) is 0. The Labute approximate surface area is 120 Å². The summed E-state index contributed by atoms with van der Waals surface area (Å²) < 4.78 is 0. The molecule has 1 aromatic carbocycles. The molecule has 0 spiro atoms. The normalized spacial score (nSPS) is 19.4. The minimum absolute atomic E-state index is 0.317. The molecule has 1 heterocycles. The maximum Gasteiger partial charge on any atom is 0.232 e. The van der Waals surface area contributed by atoms with Crippen molar-refractivity contribution in [3.8, 4) is 0 Å². The van der Waals surface area contributed by atoms with E-state index in [4.69, 9.17) is 0 Å². The number of thioether (sulfide) groups is 1. The summed E-state index contributed by atoms with van der Waals surface area (Å²) >= 11 is 1.62. The smallest absolute Gasteiger partial charge is 0.232 e. The lowest BCUT2D eigenvalue weighted by Gasteiger charge is -2.32. The summed E-state index contributed by atoms with van der Waals surface area (Å²) in [6.45, 7) is 1.92. The van der Waals surface area contributed by atoms with Gasteiger partial charge in [0.2, 0.25) is 5.91 Å². The third kappa shape index (κ3) is 4.57. The number of rotatable bonds is 5. The van der Waals surface area contributed by atoms with E-state index >= 15 is 0 Å². The molecule has 0 radical (unpaired) electrons. The average Bonchev–Trinajstić information content (AvgIpc) is 2.47. The summed E-state index contributed by atoms with van der Waals surface area (Å²) in [5.41, 5.74) is 1.41. The van der Waals surface area contributed by atoms with Gasteiger partial charge in [0, 0.05) is 13.1 Å². The predicted molar refractivity (Wildman–Crippen MR) is 82.4 cm³/mol. The van der Waals surface area contributed by atoms with Crippen LogP contribution in [0.1, 0.15) is 24.8 Å². The molecule has 1 atom stereocenters. The monoisotopic (exact) mass is 277 g/mol. The number of hydrogen-bond donors (Lipinski definition) is 0. The van der Waals surface area contributed by atoms with Crippen molar-refractivity contribution in [2.24, 2.45) is 5.92 Å². The summed E-state index contributed by atoms with van der Waals surface area (Å²) in [5.74, 6) is 1.63. The summed E-state index contributed by atoms with van der Waals surface area (Å²) in [4.78, 5) is 14.0. The van der Waals surface area contributed by atoms with E-state index in [0.717, 1.165) is 19.5 Å². The van der Waals surface area contributed by atoms with Crippen molar-refractivity contribution in [2.45, 2.75) is 25.7 Å². The second-order valence-electron chi connectivity index (χ2n) is 5.31. The molecule has 1 unspecified atom stereocenters. The fourth-order valence-electron chi connectivity index (χ4n) is 2.76. The number of carbonyl (C=O) groups excluding carboxylic acids is 1. The second kappa shape index (κ2) is 7.59. The summed E-state index contributed by atoms with van der Waals surface area (Å²) in [6, 6.07) is 10.7. The van der Waals surface area contributed by atoms with Crippen molar-refractivity contribution < 1.29 is 4.79 Å². The van der Waals surface area contributed by atoms with E-state index in [1.54, 1.807) is 11.8 Å². The fourth-order valence-corrected chi connectivity index (χ4v) is 3.19. The minimum atomic E-state index is 0.317. The molecule has 2 rings (SSSR count). The standard InChI is InChI=1S/C16H23NOS/c1-19-13-16(18)17-11-5-8-15(12-17)10-9-14-6-3-2-4-7-14/h2-4,6-7,15H,5,8-13H2,1H3. The van der Waals surface area contributed by atoms with Crippen LogP contribution in [0.2, 0.25) is 0 Å². The lowest BCUT2D eigenvalue weighted by atomic mass is 9.91. The quantitative estimate of drug-likeness (QED) is 0.823. The highest BCUT2D eigenvalue weighted by atomic mass is 32.2. The van der Waals surface area contributed by atoms with Gasteiger partial charge in [0.05, 0.1) is 5.75 Å². The van der Waals surface area contributed by atoms with E-state index in [-0.39, 0.29) is 0 Å². The molecule has 2 nitrogen and oxygen atoms in total. The van der Waals surface area contributed by atoms with Crippen molar-refractivity contribution >= 4 is 17.7 Å². The second-order valence-corrected chi connectivity index (χ2v) is 6.17. The van der Waals surface area contributed by atoms with Crippen molar-refractivity contribution in [1.82, 2.24) is 4.90 Å². The van der Waals surface area contributed by atoms with Gasteiger partial charge in [-0.15, -0.1) is 0 Å².